The third-order valence-electron chi connectivity index (χ3n) is 2.89. The van der Waals surface area contributed by atoms with Crippen LogP contribution in [0.5, 0.6) is 5.75 Å². The van der Waals surface area contributed by atoms with E-state index in [-0.39, 0.29) is 0 Å². The fraction of sp³-hybridized carbons (Fsp3) is 0.250. The number of aliphatic carboxylic acids is 1. The van der Waals surface area contributed by atoms with Crippen molar-refractivity contribution in [3.8, 4) is 5.75 Å². The molecule has 0 atom stereocenters. The molecule has 1 aromatic heterocycles. The molecule has 1 N–H and O–H groups in total. The lowest BCUT2D eigenvalue weighted by atomic mass is 10.1. The number of aryl methyl sites for hydroxylation is 1. The molecule has 0 amide bonds. The molecule has 0 saturated carbocycles. The Morgan fingerprint density at radius 1 is 1.43 bits per heavy atom. The molecule has 1 aromatic carbocycles. The van der Waals surface area contributed by atoms with Crippen molar-refractivity contribution < 1.29 is 14.6 Å². The number of carboxylic acid groups (broad SMARTS) is 1. The zero-order valence-electron chi connectivity index (χ0n) is 11.8. The van der Waals surface area contributed by atoms with Gasteiger partial charge in [-0.05, 0) is 24.1 Å². The maximum absolute atomic E-state index is 10.4. The molecular formula is C16H17NO3S. The van der Waals surface area contributed by atoms with Gasteiger partial charge in [-0.1, -0.05) is 25.1 Å². The molecule has 110 valence electrons. The van der Waals surface area contributed by atoms with Gasteiger partial charge in [0.05, 0.1) is 17.3 Å². The van der Waals surface area contributed by atoms with Gasteiger partial charge < -0.3 is 9.84 Å². The summed E-state index contributed by atoms with van der Waals surface area (Å²) in [6.45, 7) is 2.66. The minimum absolute atomic E-state index is 0.562. The van der Waals surface area contributed by atoms with Gasteiger partial charge in [0.1, 0.15) is 5.75 Å². The van der Waals surface area contributed by atoms with Crippen molar-refractivity contribution in [2.75, 3.05) is 6.61 Å². The first kappa shape index (κ1) is 15.3. The van der Waals surface area contributed by atoms with Crippen LogP contribution < -0.4 is 4.74 Å². The molecule has 1 heterocycles. The standard InChI is InChI=1S/C16H17NO3S/c1-2-12-5-3-4-6-14(12)20-10-9-15-17-13(11-21-15)7-8-16(18)19/h3-8,11H,2,9-10H2,1H3,(H,18,19)/b8-7+. The van der Waals surface area contributed by atoms with E-state index in [1.165, 1.54) is 23.0 Å². The number of carboxylic acids is 1. The Hall–Kier alpha value is -2.14. The van der Waals surface area contributed by atoms with E-state index < -0.39 is 5.97 Å². The molecule has 0 fully saturated rings. The van der Waals surface area contributed by atoms with E-state index in [1.807, 2.05) is 23.6 Å². The fourth-order valence-electron chi connectivity index (χ4n) is 1.86. The molecule has 4 nitrogen and oxygen atoms in total. The largest absolute Gasteiger partial charge is 0.493 e. The SMILES string of the molecule is CCc1ccccc1OCCc1nc(/C=C/C(=O)O)cs1. The number of hydrogen-bond acceptors (Lipinski definition) is 4. The van der Waals surface area contributed by atoms with Crippen LogP contribution >= 0.6 is 11.3 Å². The van der Waals surface area contributed by atoms with E-state index >= 15 is 0 Å². The average Bonchev–Trinajstić information content (AvgIpc) is 2.93. The molecule has 0 radical (unpaired) electrons. The Kier molecular flexibility index (Phi) is 5.51. The number of rotatable bonds is 7. The molecular weight excluding hydrogens is 286 g/mol. The Labute approximate surface area is 127 Å². The van der Waals surface area contributed by atoms with Crippen molar-refractivity contribution in [2.24, 2.45) is 0 Å². The smallest absolute Gasteiger partial charge is 0.328 e. The van der Waals surface area contributed by atoms with Crippen LogP contribution in [0.2, 0.25) is 0 Å². The van der Waals surface area contributed by atoms with Crippen molar-refractivity contribution in [3.63, 3.8) is 0 Å². The first-order chi connectivity index (χ1) is 10.2. The van der Waals surface area contributed by atoms with Crippen LogP contribution in [0, 0.1) is 0 Å². The predicted molar refractivity (Wildman–Crippen MR) is 83.8 cm³/mol. The van der Waals surface area contributed by atoms with Crippen LogP contribution in [-0.4, -0.2) is 22.7 Å². The molecule has 0 saturated heterocycles. The van der Waals surface area contributed by atoms with E-state index in [0.29, 0.717) is 18.7 Å². The molecule has 5 heteroatoms. The summed E-state index contributed by atoms with van der Waals surface area (Å²) in [5.74, 6) is -0.0494. The number of nitrogens with zero attached hydrogens (tertiary/aromatic N) is 1. The lowest BCUT2D eigenvalue weighted by Gasteiger charge is -2.09. The summed E-state index contributed by atoms with van der Waals surface area (Å²) in [7, 11) is 0. The molecule has 0 bridgehead atoms. The highest BCUT2D eigenvalue weighted by Gasteiger charge is 2.03. The van der Waals surface area contributed by atoms with E-state index in [9.17, 15) is 4.79 Å². The average molecular weight is 303 g/mol. The normalized spacial score (nSPS) is 10.9. The van der Waals surface area contributed by atoms with Crippen LogP contribution in [0.25, 0.3) is 6.08 Å². The molecule has 0 aliphatic heterocycles. The van der Waals surface area contributed by atoms with Gasteiger partial charge in [-0.15, -0.1) is 11.3 Å². The zero-order valence-corrected chi connectivity index (χ0v) is 12.6. The van der Waals surface area contributed by atoms with Gasteiger partial charge in [-0.25, -0.2) is 9.78 Å². The van der Waals surface area contributed by atoms with Crippen LogP contribution in [0.1, 0.15) is 23.2 Å². The topological polar surface area (TPSA) is 59.4 Å². The second-order valence-electron chi connectivity index (χ2n) is 4.40. The van der Waals surface area contributed by atoms with E-state index in [2.05, 4.69) is 18.0 Å². The molecule has 21 heavy (non-hydrogen) atoms. The lowest BCUT2D eigenvalue weighted by molar-refractivity contribution is -0.131. The number of benzene rings is 1. The van der Waals surface area contributed by atoms with Crippen molar-refractivity contribution >= 4 is 23.4 Å². The number of carbonyl (C=O) groups is 1. The Morgan fingerprint density at radius 2 is 2.24 bits per heavy atom. The Balaban J connectivity index is 1.87. The van der Waals surface area contributed by atoms with Gasteiger partial charge in [0.2, 0.25) is 0 Å². The highest BCUT2D eigenvalue weighted by atomic mass is 32.1. The third kappa shape index (κ3) is 4.72. The summed E-state index contributed by atoms with van der Waals surface area (Å²) < 4.78 is 5.79. The summed E-state index contributed by atoms with van der Waals surface area (Å²) in [6, 6.07) is 8.01. The first-order valence-electron chi connectivity index (χ1n) is 6.75. The number of hydrogen-bond donors (Lipinski definition) is 1. The highest BCUT2D eigenvalue weighted by Crippen LogP contribution is 2.19. The van der Waals surface area contributed by atoms with E-state index in [0.717, 1.165) is 23.3 Å². The van der Waals surface area contributed by atoms with Crippen LogP contribution in [0.4, 0.5) is 0 Å². The minimum Gasteiger partial charge on any atom is -0.493 e. The van der Waals surface area contributed by atoms with Crippen molar-refractivity contribution in [2.45, 2.75) is 19.8 Å². The van der Waals surface area contributed by atoms with Gasteiger partial charge in [-0.3, -0.25) is 0 Å². The highest BCUT2D eigenvalue weighted by molar-refractivity contribution is 7.09. The van der Waals surface area contributed by atoms with Crippen molar-refractivity contribution in [1.29, 1.82) is 0 Å². The van der Waals surface area contributed by atoms with Gasteiger partial charge in [-0.2, -0.15) is 0 Å². The molecule has 0 unspecified atom stereocenters. The van der Waals surface area contributed by atoms with Gasteiger partial charge in [0, 0.05) is 17.9 Å². The van der Waals surface area contributed by atoms with E-state index in [4.69, 9.17) is 9.84 Å². The van der Waals surface area contributed by atoms with Crippen LogP contribution in [0.15, 0.2) is 35.7 Å². The summed E-state index contributed by atoms with van der Waals surface area (Å²) in [5.41, 5.74) is 1.87. The second kappa shape index (κ2) is 7.59. The Morgan fingerprint density at radius 3 is 3.00 bits per heavy atom. The maximum Gasteiger partial charge on any atom is 0.328 e. The zero-order chi connectivity index (χ0) is 15.1. The van der Waals surface area contributed by atoms with Gasteiger partial charge >= 0.3 is 5.97 Å². The fourth-order valence-corrected chi connectivity index (χ4v) is 2.61. The summed E-state index contributed by atoms with van der Waals surface area (Å²) in [6.07, 6.45) is 4.24. The van der Waals surface area contributed by atoms with Crippen molar-refractivity contribution in [3.05, 3.63) is 52.0 Å². The molecule has 2 aromatic rings. The van der Waals surface area contributed by atoms with Gasteiger partial charge in [0.15, 0.2) is 0 Å². The summed E-state index contributed by atoms with van der Waals surface area (Å²) >= 11 is 1.51. The number of thiazole rings is 1. The van der Waals surface area contributed by atoms with Crippen molar-refractivity contribution in [1.82, 2.24) is 4.98 Å². The number of aromatic nitrogens is 1. The van der Waals surface area contributed by atoms with E-state index in [1.54, 1.807) is 0 Å². The van der Waals surface area contributed by atoms with Crippen LogP contribution in [-0.2, 0) is 17.6 Å². The molecule has 2 rings (SSSR count). The predicted octanol–water partition coefficient (Wildman–Crippen LogP) is 3.42. The van der Waals surface area contributed by atoms with Crippen LogP contribution in [0.3, 0.4) is 0 Å². The first-order valence-corrected chi connectivity index (χ1v) is 7.63. The third-order valence-corrected chi connectivity index (χ3v) is 3.82. The Bertz CT molecular complexity index is 634. The summed E-state index contributed by atoms with van der Waals surface area (Å²) in [5, 5.41) is 11.3. The lowest BCUT2D eigenvalue weighted by Crippen LogP contribution is -2.03. The molecule has 0 spiro atoms. The van der Waals surface area contributed by atoms with Gasteiger partial charge in [0.25, 0.3) is 0 Å². The quantitative estimate of drug-likeness (QED) is 0.796. The number of ether oxygens (including phenoxy) is 1. The second-order valence-corrected chi connectivity index (χ2v) is 5.34. The maximum atomic E-state index is 10.4. The molecule has 0 aliphatic carbocycles. The number of para-hydroxylation sites is 1. The summed E-state index contributed by atoms with van der Waals surface area (Å²) in [4.78, 5) is 14.8. The minimum atomic E-state index is -0.968. The molecule has 0 aliphatic rings. The monoisotopic (exact) mass is 303 g/mol.